The van der Waals surface area contributed by atoms with Crippen LogP contribution in [0.1, 0.15) is 0 Å². The van der Waals surface area contributed by atoms with E-state index in [1.54, 1.807) is 0 Å². The van der Waals surface area contributed by atoms with Crippen molar-refractivity contribution in [3.05, 3.63) is 34.2 Å². The van der Waals surface area contributed by atoms with Crippen molar-refractivity contribution >= 4 is 45.6 Å². The molecule has 2 rings (SSSR count). The Morgan fingerprint density at radius 2 is 2.08 bits per heavy atom. The van der Waals surface area contributed by atoms with Crippen LogP contribution in [0.15, 0.2) is 29.1 Å². The third-order valence-corrected chi connectivity index (χ3v) is 1.99. The van der Waals surface area contributed by atoms with E-state index < -0.39 is 0 Å². The average molecular weight is 268 g/mol. The van der Waals surface area contributed by atoms with Gasteiger partial charge in [-0.3, -0.25) is 0 Å². The highest BCUT2D eigenvalue weighted by molar-refractivity contribution is 9.10. The van der Waals surface area contributed by atoms with Crippen LogP contribution in [-0.4, -0.2) is 9.38 Å². The van der Waals surface area contributed by atoms with Crippen molar-refractivity contribution in [3.63, 3.8) is 0 Å². The molecule has 0 N–H and O–H groups in total. The van der Waals surface area contributed by atoms with E-state index in [-0.39, 0.29) is 12.4 Å². The van der Waals surface area contributed by atoms with E-state index in [0.29, 0.717) is 5.02 Å². The first kappa shape index (κ1) is 9.84. The predicted octanol–water partition coefficient (Wildman–Crippen LogP) is 3.17. The van der Waals surface area contributed by atoms with Crippen molar-refractivity contribution in [2.24, 2.45) is 0 Å². The van der Waals surface area contributed by atoms with E-state index in [4.69, 9.17) is 11.6 Å². The summed E-state index contributed by atoms with van der Waals surface area (Å²) in [4.78, 5) is 4.18. The summed E-state index contributed by atoms with van der Waals surface area (Å²) in [6, 6.07) is 3.68. The molecule has 0 aliphatic rings. The van der Waals surface area contributed by atoms with Gasteiger partial charge in [0, 0.05) is 12.4 Å². The minimum atomic E-state index is 0. The van der Waals surface area contributed by atoms with Gasteiger partial charge in [0.15, 0.2) is 0 Å². The van der Waals surface area contributed by atoms with Crippen LogP contribution in [0.3, 0.4) is 0 Å². The molecule has 0 aromatic carbocycles. The maximum absolute atomic E-state index is 5.76. The molecule has 0 bridgehead atoms. The monoisotopic (exact) mass is 266 g/mol. The molecule has 0 aliphatic heterocycles. The number of halogens is 3. The Bertz CT molecular complexity index is 399. The summed E-state index contributed by atoms with van der Waals surface area (Å²) in [5.41, 5.74) is 0.890. The first-order valence-corrected chi connectivity index (χ1v) is 4.22. The standard InChI is InChI=1S/C7H4BrClN2.ClH/c8-6-4-11-3-5(9)1-2-7(11)10-6;/h1-4H;1H. The van der Waals surface area contributed by atoms with Gasteiger partial charge < -0.3 is 4.40 Å². The highest BCUT2D eigenvalue weighted by Crippen LogP contribution is 2.14. The molecule has 12 heavy (non-hydrogen) atoms. The largest absolute Gasteiger partial charge is 0.304 e. The van der Waals surface area contributed by atoms with E-state index in [2.05, 4.69) is 20.9 Å². The van der Waals surface area contributed by atoms with Crippen molar-refractivity contribution in [2.45, 2.75) is 0 Å². The third-order valence-electron chi connectivity index (χ3n) is 1.39. The molecule has 0 fully saturated rings. The maximum atomic E-state index is 5.76. The zero-order valence-electron chi connectivity index (χ0n) is 5.87. The van der Waals surface area contributed by atoms with Crippen LogP contribution in [0.4, 0.5) is 0 Å². The van der Waals surface area contributed by atoms with Crippen LogP contribution in [0.5, 0.6) is 0 Å². The van der Waals surface area contributed by atoms with Gasteiger partial charge in [-0.05, 0) is 28.1 Å². The zero-order valence-corrected chi connectivity index (χ0v) is 9.03. The second kappa shape index (κ2) is 3.64. The lowest BCUT2D eigenvalue weighted by atomic mass is 10.5. The number of aromatic nitrogens is 2. The van der Waals surface area contributed by atoms with Gasteiger partial charge >= 0.3 is 0 Å². The van der Waals surface area contributed by atoms with E-state index in [9.17, 15) is 0 Å². The molecule has 0 unspecified atom stereocenters. The van der Waals surface area contributed by atoms with Gasteiger partial charge in [-0.25, -0.2) is 4.98 Å². The summed E-state index contributed by atoms with van der Waals surface area (Å²) in [7, 11) is 0. The molecular formula is C7H5BrCl2N2. The quantitative estimate of drug-likeness (QED) is 0.717. The van der Waals surface area contributed by atoms with Gasteiger partial charge in [-0.1, -0.05) is 11.6 Å². The molecule has 0 aliphatic carbocycles. The summed E-state index contributed by atoms with van der Waals surface area (Å²) >= 11 is 9.04. The Morgan fingerprint density at radius 1 is 1.33 bits per heavy atom. The first-order chi connectivity index (χ1) is 5.25. The van der Waals surface area contributed by atoms with Crippen LogP contribution in [-0.2, 0) is 0 Å². The zero-order chi connectivity index (χ0) is 7.84. The average Bonchev–Trinajstić information content (AvgIpc) is 2.27. The van der Waals surface area contributed by atoms with Gasteiger partial charge in [0.2, 0.25) is 0 Å². The Hall–Kier alpha value is -0.250. The van der Waals surface area contributed by atoms with Gasteiger partial charge in [-0.15, -0.1) is 12.4 Å². The molecular weight excluding hydrogens is 263 g/mol. The summed E-state index contributed by atoms with van der Waals surface area (Å²) in [5.74, 6) is 0. The molecule has 64 valence electrons. The highest BCUT2D eigenvalue weighted by atomic mass is 79.9. The van der Waals surface area contributed by atoms with Gasteiger partial charge in [-0.2, -0.15) is 0 Å². The van der Waals surface area contributed by atoms with Crippen LogP contribution in [0.2, 0.25) is 5.02 Å². The molecule has 0 spiro atoms. The van der Waals surface area contributed by atoms with Gasteiger partial charge in [0.25, 0.3) is 0 Å². The van der Waals surface area contributed by atoms with Crippen LogP contribution < -0.4 is 0 Å². The lowest BCUT2D eigenvalue weighted by Gasteiger charge is -1.91. The number of pyridine rings is 1. The minimum Gasteiger partial charge on any atom is -0.304 e. The Balaban J connectivity index is 0.000000720. The molecule has 2 aromatic rings. The van der Waals surface area contributed by atoms with Crippen LogP contribution >= 0.6 is 39.9 Å². The Labute approximate surface area is 89.1 Å². The normalized spacial score (nSPS) is 9.83. The number of hydrogen-bond donors (Lipinski definition) is 0. The van der Waals surface area contributed by atoms with Gasteiger partial charge in [0.1, 0.15) is 10.3 Å². The number of imidazole rings is 1. The Morgan fingerprint density at radius 3 is 2.83 bits per heavy atom. The summed E-state index contributed by atoms with van der Waals surface area (Å²) in [6.07, 6.45) is 3.68. The van der Waals surface area contributed by atoms with Crippen LogP contribution in [0, 0.1) is 0 Å². The second-order valence-electron chi connectivity index (χ2n) is 2.18. The summed E-state index contributed by atoms with van der Waals surface area (Å²) in [6.45, 7) is 0. The fourth-order valence-electron chi connectivity index (χ4n) is 0.934. The number of nitrogens with zero attached hydrogens (tertiary/aromatic N) is 2. The molecule has 0 saturated carbocycles. The molecule has 2 heterocycles. The van der Waals surface area contributed by atoms with E-state index in [0.717, 1.165) is 10.3 Å². The van der Waals surface area contributed by atoms with Crippen molar-refractivity contribution in [2.75, 3.05) is 0 Å². The lowest BCUT2D eigenvalue weighted by molar-refractivity contribution is 1.19. The molecule has 0 amide bonds. The van der Waals surface area contributed by atoms with Crippen molar-refractivity contribution in [1.29, 1.82) is 0 Å². The lowest BCUT2D eigenvalue weighted by Crippen LogP contribution is -1.79. The van der Waals surface area contributed by atoms with E-state index in [1.165, 1.54) is 0 Å². The third kappa shape index (κ3) is 1.73. The number of hydrogen-bond acceptors (Lipinski definition) is 1. The minimum absolute atomic E-state index is 0. The van der Waals surface area contributed by atoms with E-state index >= 15 is 0 Å². The predicted molar refractivity (Wildman–Crippen MR) is 55.2 cm³/mol. The molecule has 5 heteroatoms. The summed E-state index contributed by atoms with van der Waals surface area (Å²) < 4.78 is 2.69. The first-order valence-electron chi connectivity index (χ1n) is 3.05. The molecule has 0 saturated heterocycles. The molecule has 0 radical (unpaired) electrons. The molecule has 2 aromatic heterocycles. The van der Waals surface area contributed by atoms with Gasteiger partial charge in [0.05, 0.1) is 5.02 Å². The van der Waals surface area contributed by atoms with Crippen molar-refractivity contribution in [1.82, 2.24) is 9.38 Å². The van der Waals surface area contributed by atoms with Crippen molar-refractivity contribution < 1.29 is 0 Å². The highest BCUT2D eigenvalue weighted by Gasteiger charge is 1.97. The topological polar surface area (TPSA) is 17.3 Å². The number of rotatable bonds is 0. The Kier molecular flexibility index (Phi) is 2.99. The number of fused-ring (bicyclic) bond motifs is 1. The fourth-order valence-corrected chi connectivity index (χ4v) is 1.50. The SMILES string of the molecule is Cl.Clc1ccc2nc(Br)cn2c1. The molecule has 0 atom stereocenters. The molecule has 2 nitrogen and oxygen atoms in total. The second-order valence-corrected chi connectivity index (χ2v) is 3.43. The smallest absolute Gasteiger partial charge is 0.138 e. The maximum Gasteiger partial charge on any atom is 0.138 e. The van der Waals surface area contributed by atoms with Crippen molar-refractivity contribution in [3.8, 4) is 0 Å². The van der Waals surface area contributed by atoms with E-state index in [1.807, 2.05) is 28.9 Å². The fraction of sp³-hybridized carbons (Fsp3) is 0. The summed E-state index contributed by atoms with van der Waals surface area (Å²) in [5, 5.41) is 0.711. The van der Waals surface area contributed by atoms with Crippen LogP contribution in [0.25, 0.3) is 5.65 Å².